The number of hydrogen-bond acceptors (Lipinski definition) is 5. The largest absolute Gasteiger partial charge is 0.330 e. The molecule has 0 amide bonds. The van der Waals surface area contributed by atoms with Crippen molar-refractivity contribution in [3.05, 3.63) is 62.7 Å². The molecule has 0 saturated heterocycles. The first kappa shape index (κ1) is 17.2. The molecule has 7 nitrogen and oxygen atoms in total. The van der Waals surface area contributed by atoms with Gasteiger partial charge in [0.15, 0.2) is 11.0 Å². The van der Waals surface area contributed by atoms with Gasteiger partial charge < -0.3 is 4.57 Å². The van der Waals surface area contributed by atoms with E-state index in [1.807, 2.05) is 7.05 Å². The van der Waals surface area contributed by atoms with Crippen LogP contribution in [-0.4, -0.2) is 23.9 Å². The van der Waals surface area contributed by atoms with Gasteiger partial charge in [0.25, 0.3) is 5.56 Å². The molecule has 0 atom stereocenters. The lowest BCUT2D eigenvalue weighted by atomic mass is 10.2. The van der Waals surface area contributed by atoms with Crippen molar-refractivity contribution in [1.29, 1.82) is 0 Å². The molecule has 0 bridgehead atoms. The second-order valence-corrected chi connectivity index (χ2v) is 6.48. The molecular weight excluding hydrogens is 345 g/mol. The first-order valence-electron chi connectivity index (χ1n) is 7.42. The molecule has 0 radical (unpaired) electrons. The number of rotatable bonds is 4. The van der Waals surface area contributed by atoms with Crippen molar-refractivity contribution in [2.45, 2.75) is 10.9 Å². The van der Waals surface area contributed by atoms with E-state index in [9.17, 15) is 14.0 Å². The van der Waals surface area contributed by atoms with E-state index in [2.05, 4.69) is 10.2 Å². The summed E-state index contributed by atoms with van der Waals surface area (Å²) in [6.45, 7) is 0. The van der Waals surface area contributed by atoms with E-state index in [-0.39, 0.29) is 17.1 Å². The number of hydrogen-bond donors (Lipinski definition) is 0. The van der Waals surface area contributed by atoms with Crippen molar-refractivity contribution in [3.8, 4) is 11.4 Å². The summed E-state index contributed by atoms with van der Waals surface area (Å²) < 4.78 is 17.3. The number of thioether (sulfide) groups is 1. The van der Waals surface area contributed by atoms with Crippen molar-refractivity contribution in [2.24, 2.45) is 21.1 Å². The minimum atomic E-state index is -0.368. The number of halogens is 1. The molecule has 0 aliphatic heterocycles. The Kier molecular flexibility index (Phi) is 4.58. The highest BCUT2D eigenvalue weighted by Crippen LogP contribution is 2.24. The van der Waals surface area contributed by atoms with Crippen LogP contribution in [0.5, 0.6) is 0 Å². The Bertz CT molecular complexity index is 1040. The highest BCUT2D eigenvalue weighted by molar-refractivity contribution is 7.98. The average Bonchev–Trinajstić information content (AvgIpc) is 2.96. The van der Waals surface area contributed by atoms with E-state index in [0.29, 0.717) is 22.4 Å². The monoisotopic (exact) mass is 361 g/mol. The summed E-state index contributed by atoms with van der Waals surface area (Å²) in [4.78, 5) is 23.7. The molecule has 2 heterocycles. The quantitative estimate of drug-likeness (QED) is 0.655. The highest BCUT2D eigenvalue weighted by Gasteiger charge is 2.13. The van der Waals surface area contributed by atoms with Crippen LogP contribution in [0.4, 0.5) is 4.39 Å². The zero-order valence-electron chi connectivity index (χ0n) is 13.9. The molecular formula is C16H16FN5O2S. The standard InChI is InChI=1S/C16H16FN5O2S/c1-20-12(8-13(23)21(2)16(20)24)9-25-15-19-18-14(22(15)3)10-4-6-11(17)7-5-10/h4-8H,9H2,1-3H3. The van der Waals surface area contributed by atoms with Crippen LogP contribution in [-0.2, 0) is 26.9 Å². The Labute approximate surface area is 146 Å². The summed E-state index contributed by atoms with van der Waals surface area (Å²) in [5, 5.41) is 8.90. The number of benzene rings is 1. The third-order valence-corrected chi connectivity index (χ3v) is 4.97. The zero-order valence-corrected chi connectivity index (χ0v) is 14.7. The van der Waals surface area contributed by atoms with Crippen LogP contribution in [0.2, 0.25) is 0 Å². The zero-order chi connectivity index (χ0) is 18.1. The molecule has 3 aromatic rings. The lowest BCUT2D eigenvalue weighted by molar-refractivity contribution is 0.628. The van der Waals surface area contributed by atoms with Gasteiger partial charge in [-0.1, -0.05) is 11.8 Å². The van der Waals surface area contributed by atoms with Gasteiger partial charge in [-0.3, -0.25) is 13.9 Å². The first-order chi connectivity index (χ1) is 11.9. The molecule has 2 aromatic heterocycles. The average molecular weight is 361 g/mol. The van der Waals surface area contributed by atoms with Crippen LogP contribution in [0.1, 0.15) is 5.69 Å². The second kappa shape index (κ2) is 6.67. The molecule has 0 spiro atoms. The van der Waals surface area contributed by atoms with E-state index >= 15 is 0 Å². The smallest absolute Gasteiger partial charge is 0.305 e. The molecule has 130 valence electrons. The van der Waals surface area contributed by atoms with Crippen LogP contribution in [0, 0.1) is 5.82 Å². The van der Waals surface area contributed by atoms with Gasteiger partial charge >= 0.3 is 5.69 Å². The third kappa shape index (κ3) is 3.27. The summed E-state index contributed by atoms with van der Waals surface area (Å²) >= 11 is 1.36. The van der Waals surface area contributed by atoms with Gasteiger partial charge in [-0.15, -0.1) is 10.2 Å². The van der Waals surface area contributed by atoms with Gasteiger partial charge in [-0.05, 0) is 24.3 Å². The van der Waals surface area contributed by atoms with Crippen LogP contribution in [0.25, 0.3) is 11.4 Å². The molecule has 0 N–H and O–H groups in total. The maximum atomic E-state index is 13.0. The predicted molar refractivity (Wildman–Crippen MR) is 92.9 cm³/mol. The number of nitrogens with zero attached hydrogens (tertiary/aromatic N) is 5. The van der Waals surface area contributed by atoms with Gasteiger partial charge in [-0.2, -0.15) is 0 Å². The molecule has 25 heavy (non-hydrogen) atoms. The Balaban J connectivity index is 1.85. The molecule has 0 unspecified atom stereocenters. The summed E-state index contributed by atoms with van der Waals surface area (Å²) in [6, 6.07) is 7.45. The van der Waals surface area contributed by atoms with Crippen molar-refractivity contribution < 1.29 is 4.39 Å². The lowest BCUT2D eigenvalue weighted by Gasteiger charge is -2.09. The van der Waals surface area contributed by atoms with Crippen molar-refractivity contribution >= 4 is 11.8 Å². The summed E-state index contributed by atoms with van der Waals surface area (Å²) in [6.07, 6.45) is 0. The maximum absolute atomic E-state index is 13.0. The predicted octanol–water partition coefficient (Wildman–Crippen LogP) is 1.31. The second-order valence-electron chi connectivity index (χ2n) is 5.54. The van der Waals surface area contributed by atoms with Gasteiger partial charge in [0.05, 0.1) is 0 Å². The molecule has 3 rings (SSSR count). The lowest BCUT2D eigenvalue weighted by Crippen LogP contribution is -2.37. The molecule has 0 fully saturated rings. The van der Waals surface area contributed by atoms with E-state index in [1.54, 1.807) is 23.7 Å². The van der Waals surface area contributed by atoms with Gasteiger partial charge in [0, 0.05) is 44.2 Å². The molecule has 0 aliphatic rings. The fourth-order valence-electron chi connectivity index (χ4n) is 2.35. The van der Waals surface area contributed by atoms with E-state index in [1.165, 1.54) is 41.6 Å². The molecule has 0 saturated carbocycles. The van der Waals surface area contributed by atoms with Crippen molar-refractivity contribution in [3.63, 3.8) is 0 Å². The molecule has 0 aliphatic carbocycles. The van der Waals surface area contributed by atoms with Crippen LogP contribution < -0.4 is 11.2 Å². The van der Waals surface area contributed by atoms with Crippen LogP contribution in [0.15, 0.2) is 45.1 Å². The van der Waals surface area contributed by atoms with E-state index in [4.69, 9.17) is 0 Å². The number of aromatic nitrogens is 5. The molecule has 1 aromatic carbocycles. The minimum absolute atomic E-state index is 0.313. The third-order valence-electron chi connectivity index (χ3n) is 3.91. The van der Waals surface area contributed by atoms with Gasteiger partial charge in [0.1, 0.15) is 5.82 Å². The summed E-state index contributed by atoms with van der Waals surface area (Å²) in [5.74, 6) is 0.699. The van der Waals surface area contributed by atoms with Crippen LogP contribution >= 0.6 is 11.8 Å². The topological polar surface area (TPSA) is 74.7 Å². The summed E-state index contributed by atoms with van der Waals surface area (Å²) in [7, 11) is 4.88. The van der Waals surface area contributed by atoms with E-state index < -0.39 is 0 Å². The van der Waals surface area contributed by atoms with Crippen molar-refractivity contribution in [2.75, 3.05) is 0 Å². The van der Waals surface area contributed by atoms with Gasteiger partial charge in [-0.25, -0.2) is 9.18 Å². The first-order valence-corrected chi connectivity index (χ1v) is 8.41. The Morgan fingerprint density at radius 1 is 1.00 bits per heavy atom. The highest BCUT2D eigenvalue weighted by atomic mass is 32.2. The Morgan fingerprint density at radius 2 is 1.68 bits per heavy atom. The molecule has 9 heteroatoms. The van der Waals surface area contributed by atoms with Gasteiger partial charge in [0.2, 0.25) is 0 Å². The van der Waals surface area contributed by atoms with Crippen molar-refractivity contribution in [1.82, 2.24) is 23.9 Å². The maximum Gasteiger partial charge on any atom is 0.330 e. The summed E-state index contributed by atoms with van der Waals surface area (Å²) in [5.41, 5.74) is 0.644. The van der Waals surface area contributed by atoms with E-state index in [0.717, 1.165) is 10.1 Å². The fraction of sp³-hybridized carbons (Fsp3) is 0.250. The minimum Gasteiger partial charge on any atom is -0.305 e. The van der Waals surface area contributed by atoms with Crippen LogP contribution in [0.3, 0.4) is 0 Å². The SMILES string of the molecule is Cn1c(SCc2cc(=O)n(C)c(=O)n2C)nnc1-c1ccc(F)cc1. The Morgan fingerprint density at radius 3 is 2.36 bits per heavy atom. The Hall–Kier alpha value is -2.68. The fourth-order valence-corrected chi connectivity index (χ4v) is 3.28. The normalized spacial score (nSPS) is 11.0.